The summed E-state index contributed by atoms with van der Waals surface area (Å²) in [6, 6.07) is 0. The third-order valence-corrected chi connectivity index (χ3v) is 2.33. The molecule has 1 fully saturated rings. The van der Waals surface area contributed by atoms with Gasteiger partial charge in [-0.3, -0.25) is 0 Å². The van der Waals surface area contributed by atoms with E-state index in [1.165, 1.54) is 6.42 Å². The van der Waals surface area contributed by atoms with Crippen molar-refractivity contribution in [2.45, 2.75) is 44.5 Å². The van der Waals surface area contributed by atoms with E-state index in [1.807, 2.05) is 0 Å². The van der Waals surface area contributed by atoms with Crippen LogP contribution in [0.1, 0.15) is 32.1 Å². The predicted octanol–water partition coefficient (Wildman–Crippen LogP) is 1.86. The molecular weight excluding hydrogens is 180 g/mol. The van der Waals surface area contributed by atoms with Crippen LogP contribution in [0.25, 0.3) is 0 Å². The molecule has 1 aliphatic heterocycles. The highest BCUT2D eigenvalue weighted by Crippen LogP contribution is 2.14. The minimum absolute atomic E-state index is 0.0420. The number of aliphatic hydroxyl groups excluding tert-OH is 1. The summed E-state index contributed by atoms with van der Waals surface area (Å²) in [5.74, 6) is 0. The van der Waals surface area contributed by atoms with Gasteiger partial charge >= 0.3 is 0 Å². The summed E-state index contributed by atoms with van der Waals surface area (Å²) >= 11 is 0. The maximum absolute atomic E-state index is 9.39. The monoisotopic (exact) mass is 200 g/mol. The standard InChI is InChI=1S/C11H20O3/c1-2-5-10(12)7-9-14-11-6-3-4-8-13-11/h2,10-12H,1,3-9H2. The molecule has 1 saturated heterocycles. The summed E-state index contributed by atoms with van der Waals surface area (Å²) in [4.78, 5) is 0. The van der Waals surface area contributed by atoms with Crippen LogP contribution in [0.5, 0.6) is 0 Å². The van der Waals surface area contributed by atoms with Crippen molar-refractivity contribution >= 4 is 0 Å². The topological polar surface area (TPSA) is 38.7 Å². The lowest BCUT2D eigenvalue weighted by Crippen LogP contribution is -2.23. The Labute approximate surface area is 85.7 Å². The second kappa shape index (κ2) is 6.98. The molecule has 0 spiro atoms. The average Bonchev–Trinajstić information content (AvgIpc) is 2.20. The lowest BCUT2D eigenvalue weighted by Gasteiger charge is -2.23. The Morgan fingerprint density at radius 2 is 2.43 bits per heavy atom. The van der Waals surface area contributed by atoms with Gasteiger partial charge in [0, 0.05) is 6.61 Å². The largest absolute Gasteiger partial charge is 0.393 e. The van der Waals surface area contributed by atoms with Crippen molar-refractivity contribution in [2.24, 2.45) is 0 Å². The maximum Gasteiger partial charge on any atom is 0.157 e. The first-order chi connectivity index (χ1) is 6.83. The second-order valence-corrected chi connectivity index (χ2v) is 3.63. The summed E-state index contributed by atoms with van der Waals surface area (Å²) < 4.78 is 10.9. The van der Waals surface area contributed by atoms with E-state index in [4.69, 9.17) is 9.47 Å². The summed E-state index contributed by atoms with van der Waals surface area (Å²) in [6.45, 7) is 4.95. The summed E-state index contributed by atoms with van der Waals surface area (Å²) in [5.41, 5.74) is 0. The normalized spacial score (nSPS) is 24.5. The van der Waals surface area contributed by atoms with E-state index < -0.39 is 0 Å². The van der Waals surface area contributed by atoms with Gasteiger partial charge in [-0.15, -0.1) is 6.58 Å². The molecule has 0 amide bonds. The van der Waals surface area contributed by atoms with Crippen molar-refractivity contribution in [3.8, 4) is 0 Å². The first-order valence-corrected chi connectivity index (χ1v) is 5.35. The first kappa shape index (κ1) is 11.7. The molecule has 1 aliphatic rings. The molecule has 0 radical (unpaired) electrons. The molecule has 3 heteroatoms. The van der Waals surface area contributed by atoms with Gasteiger partial charge in [0.25, 0.3) is 0 Å². The Morgan fingerprint density at radius 1 is 1.57 bits per heavy atom. The van der Waals surface area contributed by atoms with Gasteiger partial charge in [-0.1, -0.05) is 6.08 Å². The fourth-order valence-corrected chi connectivity index (χ4v) is 1.49. The van der Waals surface area contributed by atoms with Gasteiger partial charge < -0.3 is 14.6 Å². The summed E-state index contributed by atoms with van der Waals surface area (Å²) in [6.07, 6.45) is 5.95. The van der Waals surface area contributed by atoms with Crippen molar-refractivity contribution in [3.05, 3.63) is 12.7 Å². The lowest BCUT2D eigenvalue weighted by molar-refractivity contribution is -0.165. The zero-order chi connectivity index (χ0) is 10.2. The molecule has 3 nitrogen and oxygen atoms in total. The van der Waals surface area contributed by atoms with Crippen LogP contribution in [0.2, 0.25) is 0 Å². The number of ether oxygens (including phenoxy) is 2. The number of hydrogen-bond donors (Lipinski definition) is 1. The number of hydrogen-bond acceptors (Lipinski definition) is 3. The molecule has 0 aromatic rings. The minimum Gasteiger partial charge on any atom is -0.393 e. The van der Waals surface area contributed by atoms with Crippen LogP contribution in [-0.2, 0) is 9.47 Å². The molecule has 0 bridgehead atoms. The Hall–Kier alpha value is -0.380. The van der Waals surface area contributed by atoms with Crippen molar-refractivity contribution in [3.63, 3.8) is 0 Å². The van der Waals surface area contributed by atoms with Crippen LogP contribution in [0, 0.1) is 0 Å². The van der Waals surface area contributed by atoms with Gasteiger partial charge in [0.15, 0.2) is 6.29 Å². The fraction of sp³-hybridized carbons (Fsp3) is 0.818. The van der Waals surface area contributed by atoms with Crippen LogP contribution >= 0.6 is 0 Å². The van der Waals surface area contributed by atoms with E-state index in [2.05, 4.69) is 6.58 Å². The van der Waals surface area contributed by atoms with Crippen LogP contribution in [-0.4, -0.2) is 30.7 Å². The van der Waals surface area contributed by atoms with Crippen LogP contribution in [0.15, 0.2) is 12.7 Å². The van der Waals surface area contributed by atoms with Gasteiger partial charge in [-0.2, -0.15) is 0 Å². The smallest absolute Gasteiger partial charge is 0.157 e. The fourth-order valence-electron chi connectivity index (χ4n) is 1.49. The molecule has 0 aromatic heterocycles. The average molecular weight is 200 g/mol. The molecule has 1 heterocycles. The minimum atomic E-state index is -0.323. The van der Waals surface area contributed by atoms with Crippen LogP contribution in [0.4, 0.5) is 0 Å². The van der Waals surface area contributed by atoms with Gasteiger partial charge in [0.05, 0.1) is 12.7 Å². The third-order valence-electron chi connectivity index (χ3n) is 2.33. The van der Waals surface area contributed by atoms with E-state index in [1.54, 1.807) is 6.08 Å². The quantitative estimate of drug-likeness (QED) is 0.665. The van der Waals surface area contributed by atoms with Gasteiger partial charge in [-0.05, 0) is 32.1 Å². The molecule has 0 saturated carbocycles. The Morgan fingerprint density at radius 3 is 3.07 bits per heavy atom. The summed E-state index contributed by atoms with van der Waals surface area (Å²) in [5, 5.41) is 9.39. The molecular formula is C11H20O3. The van der Waals surface area contributed by atoms with E-state index in [0.29, 0.717) is 19.4 Å². The first-order valence-electron chi connectivity index (χ1n) is 5.35. The molecule has 1 N–H and O–H groups in total. The SMILES string of the molecule is C=CCC(O)CCOC1CCCCO1. The van der Waals surface area contributed by atoms with Crippen molar-refractivity contribution in [2.75, 3.05) is 13.2 Å². The predicted molar refractivity (Wildman–Crippen MR) is 55.0 cm³/mol. The van der Waals surface area contributed by atoms with E-state index in [9.17, 15) is 5.11 Å². The van der Waals surface area contributed by atoms with E-state index in [0.717, 1.165) is 19.4 Å². The zero-order valence-corrected chi connectivity index (χ0v) is 8.65. The van der Waals surface area contributed by atoms with Crippen molar-refractivity contribution < 1.29 is 14.6 Å². The molecule has 1 rings (SSSR count). The van der Waals surface area contributed by atoms with E-state index >= 15 is 0 Å². The number of rotatable bonds is 6. The molecule has 82 valence electrons. The van der Waals surface area contributed by atoms with E-state index in [-0.39, 0.29) is 12.4 Å². The van der Waals surface area contributed by atoms with Gasteiger partial charge in [0.1, 0.15) is 0 Å². The molecule has 0 aliphatic carbocycles. The Kier molecular flexibility index (Phi) is 5.83. The second-order valence-electron chi connectivity index (χ2n) is 3.63. The molecule has 2 atom stereocenters. The Bertz CT molecular complexity index is 153. The van der Waals surface area contributed by atoms with Gasteiger partial charge in [0.2, 0.25) is 0 Å². The van der Waals surface area contributed by atoms with Crippen LogP contribution in [0.3, 0.4) is 0 Å². The Balaban J connectivity index is 1.99. The highest BCUT2D eigenvalue weighted by Gasteiger charge is 2.14. The lowest BCUT2D eigenvalue weighted by atomic mass is 10.2. The van der Waals surface area contributed by atoms with Crippen LogP contribution < -0.4 is 0 Å². The molecule has 0 aromatic carbocycles. The maximum atomic E-state index is 9.39. The highest BCUT2D eigenvalue weighted by molar-refractivity contribution is 4.71. The highest BCUT2D eigenvalue weighted by atomic mass is 16.7. The molecule has 2 unspecified atom stereocenters. The zero-order valence-electron chi connectivity index (χ0n) is 8.65. The third kappa shape index (κ3) is 4.74. The molecule has 14 heavy (non-hydrogen) atoms. The van der Waals surface area contributed by atoms with Gasteiger partial charge in [-0.25, -0.2) is 0 Å². The number of aliphatic hydroxyl groups is 1. The van der Waals surface area contributed by atoms with Crippen molar-refractivity contribution in [1.82, 2.24) is 0 Å². The van der Waals surface area contributed by atoms with Crippen molar-refractivity contribution in [1.29, 1.82) is 0 Å². The summed E-state index contributed by atoms with van der Waals surface area (Å²) in [7, 11) is 0.